The molecule has 5 heteroatoms. The van der Waals surface area contributed by atoms with Gasteiger partial charge < -0.3 is 18.9 Å². The summed E-state index contributed by atoms with van der Waals surface area (Å²) in [5.74, 6) is 1.50. The molecule has 152 valence electrons. The second-order valence-corrected chi connectivity index (χ2v) is 6.27. The summed E-state index contributed by atoms with van der Waals surface area (Å²) in [6.45, 7) is 8.17. The molecule has 0 spiro atoms. The van der Waals surface area contributed by atoms with Crippen LogP contribution in [0, 0.1) is 0 Å². The topological polar surface area (TPSA) is 54.0 Å². The maximum Gasteiger partial charge on any atom is 0.330 e. The van der Waals surface area contributed by atoms with Crippen molar-refractivity contribution in [1.29, 1.82) is 0 Å². The van der Waals surface area contributed by atoms with Gasteiger partial charge in [-0.3, -0.25) is 0 Å². The highest BCUT2D eigenvalue weighted by atomic mass is 16.5. The minimum Gasteiger partial charge on any atom is -0.490 e. The fourth-order valence-electron chi connectivity index (χ4n) is 2.28. The number of unbranched alkanes of at least 4 members (excludes halogenated alkanes) is 3. The van der Waals surface area contributed by atoms with Crippen molar-refractivity contribution in [3.63, 3.8) is 0 Å². The smallest absolute Gasteiger partial charge is 0.330 e. The summed E-state index contributed by atoms with van der Waals surface area (Å²) in [4.78, 5) is 11.5. The Kier molecular flexibility index (Phi) is 11.8. The van der Waals surface area contributed by atoms with Crippen LogP contribution in [0.4, 0.5) is 0 Å². The SMILES string of the molecule is CCCCOc1ccc(/C=C/C(=O)OC)c(OCCCC)c1OCCCC. The predicted molar refractivity (Wildman–Crippen MR) is 109 cm³/mol. The summed E-state index contributed by atoms with van der Waals surface area (Å²) in [5, 5.41) is 0. The van der Waals surface area contributed by atoms with Gasteiger partial charge in [0.2, 0.25) is 5.75 Å². The van der Waals surface area contributed by atoms with Gasteiger partial charge in [0, 0.05) is 11.6 Å². The number of carbonyl (C=O) groups excluding carboxylic acids is 1. The highest BCUT2D eigenvalue weighted by molar-refractivity contribution is 5.88. The Labute approximate surface area is 163 Å². The molecule has 0 heterocycles. The Morgan fingerprint density at radius 2 is 1.41 bits per heavy atom. The van der Waals surface area contributed by atoms with Crippen LogP contribution in [0.25, 0.3) is 6.08 Å². The first-order chi connectivity index (χ1) is 13.2. The molecule has 0 saturated heterocycles. The Balaban J connectivity index is 3.20. The summed E-state index contributed by atoms with van der Waals surface area (Å²) in [7, 11) is 1.36. The largest absolute Gasteiger partial charge is 0.490 e. The minimum atomic E-state index is -0.411. The monoisotopic (exact) mass is 378 g/mol. The molecule has 0 aromatic heterocycles. The van der Waals surface area contributed by atoms with Crippen molar-refractivity contribution in [3.05, 3.63) is 23.8 Å². The second kappa shape index (κ2) is 14.0. The molecule has 0 aliphatic rings. The number of carbonyl (C=O) groups is 1. The van der Waals surface area contributed by atoms with Gasteiger partial charge >= 0.3 is 5.97 Å². The average Bonchev–Trinajstić information content (AvgIpc) is 2.68. The van der Waals surface area contributed by atoms with E-state index in [1.54, 1.807) is 6.08 Å². The van der Waals surface area contributed by atoms with Gasteiger partial charge in [0.25, 0.3) is 0 Å². The van der Waals surface area contributed by atoms with E-state index in [4.69, 9.17) is 14.2 Å². The van der Waals surface area contributed by atoms with Crippen molar-refractivity contribution in [2.45, 2.75) is 59.3 Å². The number of methoxy groups -OCH3 is 1. The molecule has 0 N–H and O–H groups in total. The molecule has 1 rings (SSSR count). The van der Waals surface area contributed by atoms with Crippen molar-refractivity contribution >= 4 is 12.0 Å². The number of hydrogen-bond acceptors (Lipinski definition) is 5. The lowest BCUT2D eigenvalue weighted by atomic mass is 10.1. The minimum absolute atomic E-state index is 0.411. The van der Waals surface area contributed by atoms with Crippen LogP contribution in [0.3, 0.4) is 0 Å². The summed E-state index contributed by atoms with van der Waals surface area (Å²) >= 11 is 0. The van der Waals surface area contributed by atoms with Crippen LogP contribution < -0.4 is 14.2 Å². The standard InChI is InChI=1S/C22H34O5/c1-5-8-15-25-19-13-11-18(12-14-20(23)24-4)21(26-16-9-6-2)22(19)27-17-10-7-3/h11-14H,5-10,15-17H2,1-4H3/b14-12+. The molecular weight excluding hydrogens is 344 g/mol. The first-order valence-electron chi connectivity index (χ1n) is 9.99. The number of hydrogen-bond donors (Lipinski definition) is 0. The zero-order valence-corrected chi connectivity index (χ0v) is 17.2. The van der Waals surface area contributed by atoms with E-state index in [2.05, 4.69) is 25.5 Å². The first-order valence-corrected chi connectivity index (χ1v) is 9.99. The normalized spacial score (nSPS) is 10.8. The highest BCUT2D eigenvalue weighted by Gasteiger charge is 2.17. The zero-order chi connectivity index (χ0) is 19.9. The van der Waals surface area contributed by atoms with Crippen molar-refractivity contribution < 1.29 is 23.7 Å². The fourth-order valence-corrected chi connectivity index (χ4v) is 2.28. The molecule has 0 amide bonds. The quantitative estimate of drug-likeness (QED) is 0.246. The van der Waals surface area contributed by atoms with Crippen LogP contribution in [0.5, 0.6) is 17.2 Å². The van der Waals surface area contributed by atoms with Crippen LogP contribution in [0.1, 0.15) is 64.9 Å². The molecule has 0 fully saturated rings. The van der Waals surface area contributed by atoms with Crippen molar-refractivity contribution in [2.75, 3.05) is 26.9 Å². The fraction of sp³-hybridized carbons (Fsp3) is 0.591. The van der Waals surface area contributed by atoms with Crippen molar-refractivity contribution in [2.24, 2.45) is 0 Å². The molecule has 1 aromatic rings. The summed E-state index contributed by atoms with van der Waals surface area (Å²) < 4.78 is 22.7. The Morgan fingerprint density at radius 1 is 0.852 bits per heavy atom. The Morgan fingerprint density at radius 3 is 1.96 bits per heavy atom. The third kappa shape index (κ3) is 8.37. The molecule has 0 radical (unpaired) electrons. The van der Waals surface area contributed by atoms with Gasteiger partial charge in [-0.2, -0.15) is 0 Å². The number of rotatable bonds is 14. The Bertz CT molecular complexity index is 580. The maximum absolute atomic E-state index is 11.5. The van der Waals surface area contributed by atoms with E-state index in [1.807, 2.05) is 12.1 Å². The maximum atomic E-state index is 11.5. The van der Waals surface area contributed by atoms with Gasteiger partial charge in [-0.1, -0.05) is 40.0 Å². The predicted octanol–water partition coefficient (Wildman–Crippen LogP) is 5.41. The first kappa shape index (κ1) is 22.9. The molecule has 0 unspecified atom stereocenters. The molecule has 27 heavy (non-hydrogen) atoms. The molecule has 0 aliphatic heterocycles. The van der Waals surface area contributed by atoms with Crippen molar-refractivity contribution in [3.8, 4) is 17.2 Å². The average molecular weight is 379 g/mol. The number of ether oxygens (including phenoxy) is 4. The van der Waals surface area contributed by atoms with Crippen LogP contribution in [0.2, 0.25) is 0 Å². The van der Waals surface area contributed by atoms with E-state index in [0.29, 0.717) is 37.1 Å². The second-order valence-electron chi connectivity index (χ2n) is 6.27. The van der Waals surface area contributed by atoms with Crippen LogP contribution in [-0.4, -0.2) is 32.9 Å². The summed E-state index contributed by atoms with van der Waals surface area (Å²) in [5.41, 5.74) is 0.769. The van der Waals surface area contributed by atoms with Gasteiger partial charge in [-0.25, -0.2) is 4.79 Å². The van der Waals surface area contributed by atoms with Crippen LogP contribution >= 0.6 is 0 Å². The van der Waals surface area contributed by atoms with Gasteiger partial charge in [0.05, 0.1) is 26.9 Å². The van der Waals surface area contributed by atoms with E-state index in [-0.39, 0.29) is 0 Å². The van der Waals surface area contributed by atoms with Gasteiger partial charge in [-0.15, -0.1) is 0 Å². The lowest BCUT2D eigenvalue weighted by molar-refractivity contribution is -0.134. The summed E-state index contributed by atoms with van der Waals surface area (Å²) in [6.07, 6.45) is 9.08. The van der Waals surface area contributed by atoms with Gasteiger partial charge in [0.15, 0.2) is 11.5 Å². The third-order valence-electron chi connectivity index (χ3n) is 3.95. The van der Waals surface area contributed by atoms with Gasteiger partial charge in [0.1, 0.15) is 0 Å². The lowest BCUT2D eigenvalue weighted by Gasteiger charge is -2.19. The molecule has 0 saturated carbocycles. The number of benzene rings is 1. The van der Waals surface area contributed by atoms with E-state index < -0.39 is 5.97 Å². The Hall–Kier alpha value is -2.17. The number of esters is 1. The molecule has 0 aliphatic carbocycles. The highest BCUT2D eigenvalue weighted by Crippen LogP contribution is 2.41. The molecule has 1 aromatic carbocycles. The van der Waals surface area contributed by atoms with Gasteiger partial charge in [-0.05, 0) is 37.5 Å². The lowest BCUT2D eigenvalue weighted by Crippen LogP contribution is -2.07. The zero-order valence-electron chi connectivity index (χ0n) is 17.2. The molecular formula is C22H34O5. The molecule has 5 nitrogen and oxygen atoms in total. The van der Waals surface area contributed by atoms with Crippen LogP contribution in [0.15, 0.2) is 18.2 Å². The third-order valence-corrected chi connectivity index (χ3v) is 3.95. The summed E-state index contributed by atoms with van der Waals surface area (Å²) in [6, 6.07) is 3.76. The van der Waals surface area contributed by atoms with E-state index in [0.717, 1.165) is 44.1 Å². The molecule has 0 bridgehead atoms. The van der Waals surface area contributed by atoms with E-state index >= 15 is 0 Å². The van der Waals surface area contributed by atoms with E-state index in [9.17, 15) is 4.79 Å². The van der Waals surface area contributed by atoms with Crippen LogP contribution in [-0.2, 0) is 9.53 Å². The molecule has 0 atom stereocenters. The van der Waals surface area contributed by atoms with Crippen molar-refractivity contribution in [1.82, 2.24) is 0 Å². The van der Waals surface area contributed by atoms with E-state index in [1.165, 1.54) is 13.2 Å².